The third-order valence-electron chi connectivity index (χ3n) is 3.17. The van der Waals surface area contributed by atoms with E-state index < -0.39 is 11.7 Å². The zero-order valence-electron chi connectivity index (χ0n) is 12.3. The summed E-state index contributed by atoms with van der Waals surface area (Å²) >= 11 is 0. The Hall–Kier alpha value is -1.50. The van der Waals surface area contributed by atoms with E-state index in [0.29, 0.717) is 0 Å². The van der Waals surface area contributed by atoms with Crippen LogP contribution in [0.25, 0.3) is 0 Å². The number of aromatic nitrogens is 1. The van der Waals surface area contributed by atoms with Crippen molar-refractivity contribution in [1.82, 2.24) is 9.88 Å². The Kier molecular flexibility index (Phi) is 4.86. The largest absolute Gasteiger partial charge is 0.476 e. The quantitative estimate of drug-likeness (QED) is 0.905. The Bertz CT molecular complexity index is 459. The summed E-state index contributed by atoms with van der Waals surface area (Å²) in [6.07, 6.45) is -4.43. The summed E-state index contributed by atoms with van der Waals surface area (Å²) in [6, 6.07) is 1.86. The van der Waals surface area contributed by atoms with Gasteiger partial charge in [-0.1, -0.05) is 0 Å². The Balaban J connectivity index is 2.96. The molecular formula is C13H20F3N3O. The van der Waals surface area contributed by atoms with E-state index in [4.69, 9.17) is 4.74 Å². The van der Waals surface area contributed by atoms with Crippen molar-refractivity contribution in [2.24, 2.45) is 0 Å². The van der Waals surface area contributed by atoms with Gasteiger partial charge in [0.15, 0.2) is 0 Å². The molecule has 0 spiro atoms. The highest BCUT2D eigenvalue weighted by atomic mass is 19.4. The summed E-state index contributed by atoms with van der Waals surface area (Å²) in [5.74, 6) is 0.0802. The van der Waals surface area contributed by atoms with Gasteiger partial charge in [-0.25, -0.2) is 0 Å². The van der Waals surface area contributed by atoms with Crippen LogP contribution in [-0.4, -0.2) is 43.2 Å². The van der Waals surface area contributed by atoms with Crippen molar-refractivity contribution in [3.63, 3.8) is 0 Å². The summed E-state index contributed by atoms with van der Waals surface area (Å²) in [5.41, 5.74) is -1.09. The van der Waals surface area contributed by atoms with Gasteiger partial charge in [-0.3, -0.25) is 0 Å². The summed E-state index contributed by atoms with van der Waals surface area (Å²) in [4.78, 5) is 5.91. The summed E-state index contributed by atoms with van der Waals surface area (Å²) in [7, 11) is 5.26. The van der Waals surface area contributed by atoms with Crippen LogP contribution in [0.4, 0.5) is 19.0 Å². The molecular weight excluding hydrogens is 271 g/mol. The van der Waals surface area contributed by atoms with Crippen LogP contribution in [-0.2, 0) is 6.18 Å². The Morgan fingerprint density at radius 1 is 1.25 bits per heavy atom. The van der Waals surface area contributed by atoms with Crippen LogP contribution in [0.15, 0.2) is 12.1 Å². The lowest BCUT2D eigenvalue weighted by molar-refractivity contribution is -0.137. The van der Waals surface area contributed by atoms with Crippen LogP contribution in [0.3, 0.4) is 0 Å². The van der Waals surface area contributed by atoms with Crippen molar-refractivity contribution < 1.29 is 17.9 Å². The van der Waals surface area contributed by atoms with E-state index in [-0.39, 0.29) is 23.8 Å². The molecule has 1 N–H and O–H groups in total. The number of ether oxygens (including phenoxy) is 1. The van der Waals surface area contributed by atoms with Crippen LogP contribution < -0.4 is 10.1 Å². The lowest BCUT2D eigenvalue weighted by atomic mass is 10.1. The van der Waals surface area contributed by atoms with Gasteiger partial charge in [0.25, 0.3) is 0 Å². The number of hydrogen-bond donors (Lipinski definition) is 1. The molecule has 0 aliphatic rings. The van der Waals surface area contributed by atoms with Crippen molar-refractivity contribution in [2.75, 3.05) is 33.1 Å². The third-order valence-corrected chi connectivity index (χ3v) is 3.17. The molecule has 0 bridgehead atoms. The van der Waals surface area contributed by atoms with Gasteiger partial charge >= 0.3 is 6.18 Å². The molecule has 0 atom stereocenters. The average Bonchev–Trinajstić information content (AvgIpc) is 2.34. The lowest BCUT2D eigenvalue weighted by Crippen LogP contribution is -2.43. The van der Waals surface area contributed by atoms with Crippen molar-refractivity contribution in [3.8, 4) is 5.88 Å². The number of nitrogens with zero attached hydrogens (tertiary/aromatic N) is 2. The Morgan fingerprint density at radius 2 is 1.85 bits per heavy atom. The summed E-state index contributed by atoms with van der Waals surface area (Å²) in [5, 5.41) is 2.60. The van der Waals surface area contributed by atoms with Crippen molar-refractivity contribution in [1.29, 1.82) is 0 Å². The SMILES string of the molecule is CNc1cc(C(F)(F)F)cc(OCC(C)(C)N(C)C)n1. The maximum atomic E-state index is 12.8. The van der Waals surface area contributed by atoms with Gasteiger partial charge in [-0.15, -0.1) is 0 Å². The average molecular weight is 291 g/mol. The van der Waals surface area contributed by atoms with Crippen molar-refractivity contribution >= 4 is 5.82 Å². The third kappa shape index (κ3) is 4.26. The standard InChI is InChI=1S/C13H20F3N3O/c1-12(2,19(4)5)8-20-11-7-9(13(14,15)16)6-10(17-3)18-11/h6-7H,8H2,1-5H3,(H,17,18). The second-order valence-electron chi connectivity index (χ2n) is 5.32. The van der Waals surface area contributed by atoms with Crippen LogP contribution in [0.5, 0.6) is 5.88 Å². The zero-order chi connectivity index (χ0) is 15.6. The molecule has 1 heterocycles. The predicted octanol–water partition coefficient (Wildman–Crippen LogP) is 2.86. The van der Waals surface area contributed by atoms with Crippen LogP contribution in [0.1, 0.15) is 19.4 Å². The van der Waals surface area contributed by atoms with E-state index >= 15 is 0 Å². The molecule has 0 aliphatic heterocycles. The van der Waals surface area contributed by atoms with E-state index in [2.05, 4.69) is 10.3 Å². The molecule has 7 heteroatoms. The number of hydrogen-bond acceptors (Lipinski definition) is 4. The monoisotopic (exact) mass is 291 g/mol. The summed E-state index contributed by atoms with van der Waals surface area (Å²) in [6.45, 7) is 4.09. The maximum absolute atomic E-state index is 12.8. The van der Waals surface area contributed by atoms with Crippen LogP contribution in [0, 0.1) is 0 Å². The Morgan fingerprint density at radius 3 is 2.30 bits per heavy atom. The fraction of sp³-hybridized carbons (Fsp3) is 0.615. The fourth-order valence-corrected chi connectivity index (χ4v) is 1.25. The molecule has 1 aromatic rings. The molecule has 0 amide bonds. The van der Waals surface area contributed by atoms with E-state index in [1.54, 1.807) is 0 Å². The normalized spacial score (nSPS) is 12.7. The topological polar surface area (TPSA) is 37.4 Å². The molecule has 20 heavy (non-hydrogen) atoms. The molecule has 0 radical (unpaired) electrons. The molecule has 114 valence electrons. The van der Waals surface area contributed by atoms with Gasteiger partial charge in [0.2, 0.25) is 5.88 Å². The minimum atomic E-state index is -4.43. The first-order valence-corrected chi connectivity index (χ1v) is 6.13. The first-order valence-electron chi connectivity index (χ1n) is 6.13. The van der Waals surface area contributed by atoms with Gasteiger partial charge in [0.05, 0.1) is 5.56 Å². The number of likely N-dealkylation sites (N-methyl/N-ethyl adjacent to an activating group) is 1. The van der Waals surface area contributed by atoms with Crippen molar-refractivity contribution in [2.45, 2.75) is 25.6 Å². The summed E-state index contributed by atoms with van der Waals surface area (Å²) < 4.78 is 43.7. The van der Waals surface area contributed by atoms with Crippen molar-refractivity contribution in [3.05, 3.63) is 17.7 Å². The number of pyridine rings is 1. The van der Waals surface area contributed by atoms with Crippen LogP contribution in [0.2, 0.25) is 0 Å². The number of anilines is 1. The molecule has 0 saturated carbocycles. The molecule has 0 unspecified atom stereocenters. The highest BCUT2D eigenvalue weighted by Crippen LogP contribution is 2.32. The maximum Gasteiger partial charge on any atom is 0.416 e. The van der Waals surface area contributed by atoms with Gasteiger partial charge < -0.3 is 15.0 Å². The highest BCUT2D eigenvalue weighted by molar-refractivity contribution is 5.42. The molecule has 0 aliphatic carbocycles. The lowest BCUT2D eigenvalue weighted by Gasteiger charge is -2.32. The molecule has 1 rings (SSSR count). The zero-order valence-corrected chi connectivity index (χ0v) is 12.3. The van der Waals surface area contributed by atoms with E-state index in [9.17, 15) is 13.2 Å². The first kappa shape index (κ1) is 16.6. The first-order chi connectivity index (χ1) is 9.06. The molecule has 4 nitrogen and oxygen atoms in total. The van der Waals surface area contributed by atoms with E-state index in [0.717, 1.165) is 12.1 Å². The number of nitrogens with one attached hydrogen (secondary N) is 1. The minimum Gasteiger partial charge on any atom is -0.476 e. The van der Waals surface area contributed by atoms with Gasteiger partial charge in [-0.2, -0.15) is 18.2 Å². The number of rotatable bonds is 5. The molecule has 1 aromatic heterocycles. The smallest absolute Gasteiger partial charge is 0.416 e. The molecule has 0 aromatic carbocycles. The minimum absolute atomic E-state index is 0.0425. The second kappa shape index (κ2) is 5.87. The number of alkyl halides is 3. The fourth-order valence-electron chi connectivity index (χ4n) is 1.25. The predicted molar refractivity (Wildman–Crippen MR) is 72.0 cm³/mol. The van der Waals surface area contributed by atoms with Gasteiger partial charge in [0, 0.05) is 18.7 Å². The van der Waals surface area contributed by atoms with Crippen LogP contribution >= 0.6 is 0 Å². The Labute approximate surface area is 116 Å². The molecule has 0 fully saturated rings. The second-order valence-corrected chi connectivity index (χ2v) is 5.32. The molecule has 0 saturated heterocycles. The van der Waals surface area contributed by atoms with Gasteiger partial charge in [-0.05, 0) is 34.0 Å². The van der Waals surface area contributed by atoms with Gasteiger partial charge in [0.1, 0.15) is 12.4 Å². The number of halogens is 3. The van der Waals surface area contributed by atoms with E-state index in [1.165, 1.54) is 7.05 Å². The van der Waals surface area contributed by atoms with E-state index in [1.807, 2.05) is 32.8 Å². The highest BCUT2D eigenvalue weighted by Gasteiger charge is 2.32.